The lowest BCUT2D eigenvalue weighted by Gasteiger charge is -2.34. The number of amides is 1. The van der Waals surface area contributed by atoms with Crippen LogP contribution in [0.1, 0.15) is 15.9 Å². The molecule has 0 aromatic heterocycles. The monoisotopic (exact) mass is 308 g/mol. The molecule has 0 bridgehead atoms. The number of nitrogens with zero attached hydrogens (tertiary/aromatic N) is 2. The minimum absolute atomic E-state index is 0.0402. The minimum Gasteiger partial charge on any atom is -0.480 e. The van der Waals surface area contributed by atoms with E-state index in [0.29, 0.717) is 26.2 Å². The molecule has 1 heterocycles. The second kappa shape index (κ2) is 6.95. The Balaban J connectivity index is 2.03. The number of benzene rings is 1. The highest BCUT2D eigenvalue weighted by atomic mass is 32.2. The number of carbonyl (C=O) groups excluding carboxylic acids is 1. The number of carboxylic acids is 1. The van der Waals surface area contributed by atoms with Crippen molar-refractivity contribution in [2.75, 3.05) is 39.0 Å². The molecule has 1 fully saturated rings. The molecule has 0 saturated carbocycles. The van der Waals surface area contributed by atoms with Gasteiger partial charge in [-0.1, -0.05) is 6.07 Å². The van der Waals surface area contributed by atoms with Gasteiger partial charge in [0.2, 0.25) is 0 Å². The molecule has 1 N–H and O–H groups in total. The van der Waals surface area contributed by atoms with Gasteiger partial charge in [0, 0.05) is 36.6 Å². The zero-order valence-corrected chi connectivity index (χ0v) is 13.2. The Morgan fingerprint density at radius 3 is 2.48 bits per heavy atom. The Morgan fingerprint density at radius 2 is 1.90 bits per heavy atom. The Morgan fingerprint density at radius 1 is 1.24 bits per heavy atom. The lowest BCUT2D eigenvalue weighted by atomic mass is 10.1. The van der Waals surface area contributed by atoms with Gasteiger partial charge in [-0.3, -0.25) is 14.5 Å². The molecule has 6 heteroatoms. The molecule has 0 atom stereocenters. The number of rotatable bonds is 4. The van der Waals surface area contributed by atoms with E-state index in [-0.39, 0.29) is 12.5 Å². The van der Waals surface area contributed by atoms with Crippen LogP contribution in [0.25, 0.3) is 0 Å². The molecule has 21 heavy (non-hydrogen) atoms. The summed E-state index contributed by atoms with van der Waals surface area (Å²) in [5, 5.41) is 8.79. The van der Waals surface area contributed by atoms with Crippen LogP contribution in [-0.2, 0) is 4.79 Å². The van der Waals surface area contributed by atoms with E-state index in [9.17, 15) is 9.59 Å². The normalized spacial score (nSPS) is 16.0. The van der Waals surface area contributed by atoms with Gasteiger partial charge in [-0.2, -0.15) is 0 Å². The van der Waals surface area contributed by atoms with Crippen LogP contribution in [0, 0.1) is 6.92 Å². The van der Waals surface area contributed by atoms with Crippen molar-refractivity contribution >= 4 is 23.6 Å². The van der Waals surface area contributed by atoms with Crippen molar-refractivity contribution in [2.24, 2.45) is 0 Å². The fourth-order valence-electron chi connectivity index (χ4n) is 2.43. The first kappa shape index (κ1) is 15.9. The van der Waals surface area contributed by atoms with Gasteiger partial charge in [0.05, 0.1) is 6.54 Å². The van der Waals surface area contributed by atoms with Crippen LogP contribution in [0.4, 0.5) is 0 Å². The van der Waals surface area contributed by atoms with Crippen molar-refractivity contribution in [3.63, 3.8) is 0 Å². The summed E-state index contributed by atoms with van der Waals surface area (Å²) in [6, 6.07) is 5.92. The van der Waals surface area contributed by atoms with Gasteiger partial charge in [-0.15, -0.1) is 11.8 Å². The smallest absolute Gasteiger partial charge is 0.317 e. The SMILES string of the molecule is CSc1ccc(C)c(C(=O)N2CCN(CC(=O)O)CC2)c1. The van der Waals surface area contributed by atoms with Gasteiger partial charge in [-0.05, 0) is 30.9 Å². The van der Waals surface area contributed by atoms with Gasteiger partial charge in [0.1, 0.15) is 0 Å². The molecule has 1 amide bonds. The third-order valence-electron chi connectivity index (χ3n) is 3.69. The minimum atomic E-state index is -0.821. The van der Waals surface area contributed by atoms with Crippen molar-refractivity contribution in [1.82, 2.24) is 9.80 Å². The second-order valence-electron chi connectivity index (χ2n) is 5.14. The summed E-state index contributed by atoms with van der Waals surface area (Å²) >= 11 is 1.62. The molecule has 0 unspecified atom stereocenters. The molecule has 1 aromatic rings. The third kappa shape index (κ3) is 3.98. The predicted octanol–water partition coefficient (Wildman–Crippen LogP) is 1.56. The van der Waals surface area contributed by atoms with E-state index in [1.54, 1.807) is 11.8 Å². The quantitative estimate of drug-likeness (QED) is 0.855. The van der Waals surface area contributed by atoms with Crippen LogP contribution in [-0.4, -0.2) is 65.8 Å². The first-order valence-corrected chi connectivity index (χ1v) is 8.12. The number of hydrogen-bond acceptors (Lipinski definition) is 4. The van der Waals surface area contributed by atoms with Crippen LogP contribution < -0.4 is 0 Å². The lowest BCUT2D eigenvalue weighted by Crippen LogP contribution is -2.50. The van der Waals surface area contributed by atoms with E-state index < -0.39 is 5.97 Å². The maximum atomic E-state index is 12.6. The molecular formula is C15H20N2O3S. The topological polar surface area (TPSA) is 60.9 Å². The first-order valence-electron chi connectivity index (χ1n) is 6.89. The molecule has 0 aliphatic carbocycles. The van der Waals surface area contributed by atoms with Crippen molar-refractivity contribution < 1.29 is 14.7 Å². The van der Waals surface area contributed by atoms with E-state index in [0.717, 1.165) is 16.0 Å². The van der Waals surface area contributed by atoms with Crippen LogP contribution in [0.15, 0.2) is 23.1 Å². The number of aliphatic carboxylic acids is 1. The van der Waals surface area contributed by atoms with Gasteiger partial charge >= 0.3 is 5.97 Å². The summed E-state index contributed by atoms with van der Waals surface area (Å²) in [5.74, 6) is -0.781. The lowest BCUT2D eigenvalue weighted by molar-refractivity contribution is -0.138. The standard InChI is InChI=1S/C15H20N2O3S/c1-11-3-4-12(21-2)9-13(11)15(20)17-7-5-16(6-8-17)10-14(18)19/h3-4,9H,5-8,10H2,1-2H3,(H,18,19). The summed E-state index contributed by atoms with van der Waals surface area (Å²) in [4.78, 5) is 28.0. The van der Waals surface area contributed by atoms with Crippen LogP contribution in [0.3, 0.4) is 0 Å². The highest BCUT2D eigenvalue weighted by molar-refractivity contribution is 7.98. The highest BCUT2D eigenvalue weighted by Crippen LogP contribution is 2.21. The highest BCUT2D eigenvalue weighted by Gasteiger charge is 2.24. The van der Waals surface area contributed by atoms with Gasteiger partial charge < -0.3 is 10.0 Å². The number of hydrogen-bond donors (Lipinski definition) is 1. The fraction of sp³-hybridized carbons (Fsp3) is 0.467. The van der Waals surface area contributed by atoms with Crippen molar-refractivity contribution in [1.29, 1.82) is 0 Å². The van der Waals surface area contributed by atoms with Crippen LogP contribution in [0.5, 0.6) is 0 Å². The molecule has 5 nitrogen and oxygen atoms in total. The summed E-state index contributed by atoms with van der Waals surface area (Å²) < 4.78 is 0. The predicted molar refractivity (Wildman–Crippen MR) is 82.9 cm³/mol. The maximum Gasteiger partial charge on any atom is 0.317 e. The Bertz CT molecular complexity index is 540. The number of piperazine rings is 1. The fourth-order valence-corrected chi connectivity index (χ4v) is 2.87. The van der Waals surface area contributed by atoms with Gasteiger partial charge in [-0.25, -0.2) is 0 Å². The molecule has 1 saturated heterocycles. The number of carbonyl (C=O) groups is 2. The molecule has 0 spiro atoms. The van der Waals surface area contributed by atoms with E-state index in [1.807, 2.05) is 41.2 Å². The zero-order chi connectivity index (χ0) is 15.4. The Kier molecular flexibility index (Phi) is 5.25. The molecule has 0 radical (unpaired) electrons. The molecule has 1 aliphatic rings. The van der Waals surface area contributed by atoms with E-state index in [4.69, 9.17) is 5.11 Å². The Labute approximate surface area is 128 Å². The van der Waals surface area contributed by atoms with Gasteiger partial charge in [0.25, 0.3) is 5.91 Å². The number of thioether (sulfide) groups is 1. The van der Waals surface area contributed by atoms with Crippen molar-refractivity contribution in [2.45, 2.75) is 11.8 Å². The zero-order valence-electron chi connectivity index (χ0n) is 12.3. The second-order valence-corrected chi connectivity index (χ2v) is 6.02. The Hall–Kier alpha value is -1.53. The summed E-state index contributed by atoms with van der Waals surface area (Å²) in [6.45, 7) is 4.36. The third-order valence-corrected chi connectivity index (χ3v) is 4.42. The summed E-state index contributed by atoms with van der Waals surface area (Å²) in [7, 11) is 0. The average molecular weight is 308 g/mol. The van der Waals surface area contributed by atoms with Crippen molar-refractivity contribution in [3.8, 4) is 0 Å². The van der Waals surface area contributed by atoms with Gasteiger partial charge in [0.15, 0.2) is 0 Å². The van der Waals surface area contributed by atoms with E-state index in [1.165, 1.54) is 0 Å². The average Bonchev–Trinajstić information content (AvgIpc) is 2.47. The summed E-state index contributed by atoms with van der Waals surface area (Å²) in [5.41, 5.74) is 1.72. The molecule has 114 valence electrons. The molecular weight excluding hydrogens is 288 g/mol. The largest absolute Gasteiger partial charge is 0.480 e. The number of carboxylic acid groups (broad SMARTS) is 1. The van der Waals surface area contributed by atoms with E-state index in [2.05, 4.69) is 0 Å². The maximum absolute atomic E-state index is 12.6. The molecule has 1 aliphatic heterocycles. The molecule has 2 rings (SSSR count). The van der Waals surface area contributed by atoms with E-state index >= 15 is 0 Å². The summed E-state index contributed by atoms with van der Waals surface area (Å²) in [6.07, 6.45) is 1.99. The first-order chi connectivity index (χ1) is 10.0. The molecule has 1 aromatic carbocycles. The van der Waals surface area contributed by atoms with Crippen LogP contribution in [0.2, 0.25) is 0 Å². The van der Waals surface area contributed by atoms with Crippen molar-refractivity contribution in [3.05, 3.63) is 29.3 Å². The van der Waals surface area contributed by atoms with Crippen LogP contribution >= 0.6 is 11.8 Å². The number of aryl methyl sites for hydroxylation is 1.